The molecule has 3 aromatic rings. The first-order valence-electron chi connectivity index (χ1n) is 22.1. The van der Waals surface area contributed by atoms with Gasteiger partial charge in [-0.15, -0.1) is 0 Å². The number of hydrogen-bond donors (Lipinski definition) is 13. The number of carbonyl (C=O) groups is 5. The SMILES string of the molecule is CN[C@@H]1[C@H](O[C@@H]2OC[C@@H](O)[C@H](O)[C@H]2O)[C@@H](O)[C@H](O[C@H]2c3cc(C)c(C(=O)N[C@H](C)C(=O)N[C@@H](CCCCN)C(=O)O)c(O)c3-c3c(cc4c(c3O)C(=O)c3cc(OC)cc(O)c3C4=O)[C@@H]2O)O[C@@H]1C. The summed E-state index contributed by atoms with van der Waals surface area (Å²) in [6.07, 6.45) is -14.9. The number of likely N-dealkylation sites (N-methyl/N-ethyl adjacent to an activating group) is 1. The van der Waals surface area contributed by atoms with E-state index >= 15 is 0 Å². The molecule has 2 saturated heterocycles. The molecule has 374 valence electrons. The van der Waals surface area contributed by atoms with Crippen molar-refractivity contribution >= 4 is 29.4 Å². The molecule has 2 heterocycles. The molecule has 7 rings (SSSR count). The van der Waals surface area contributed by atoms with Crippen molar-refractivity contribution in [3.63, 3.8) is 0 Å². The molecular weight excluding hydrogens is 913 g/mol. The Morgan fingerprint density at radius 1 is 0.841 bits per heavy atom. The Labute approximate surface area is 393 Å². The molecule has 69 heavy (non-hydrogen) atoms. The third-order valence-corrected chi connectivity index (χ3v) is 13.0. The molecule has 14 N–H and O–H groups in total. The molecule has 4 aliphatic rings. The lowest BCUT2D eigenvalue weighted by atomic mass is 9.74. The van der Waals surface area contributed by atoms with E-state index in [0.717, 1.165) is 12.1 Å². The molecule has 0 bridgehead atoms. The number of carboxylic acids is 1. The molecule has 13 atom stereocenters. The molecule has 3 aromatic carbocycles. The highest BCUT2D eigenvalue weighted by molar-refractivity contribution is 6.31. The number of methoxy groups -OCH3 is 1. The molecular formula is C46H56N4O19. The highest BCUT2D eigenvalue weighted by Crippen LogP contribution is 2.57. The van der Waals surface area contributed by atoms with Crippen molar-refractivity contribution in [1.29, 1.82) is 0 Å². The predicted octanol–water partition coefficient (Wildman–Crippen LogP) is -0.998. The number of rotatable bonds is 15. The number of aliphatic hydroxyl groups is 5. The zero-order chi connectivity index (χ0) is 50.5. The number of unbranched alkanes of at least 4 members (excludes halogenated alkanes) is 1. The average Bonchev–Trinajstić information content (AvgIpc) is 3.30. The van der Waals surface area contributed by atoms with Crippen LogP contribution in [0.5, 0.6) is 23.0 Å². The number of aromatic hydroxyl groups is 3. The summed E-state index contributed by atoms with van der Waals surface area (Å²) in [7, 11) is 2.79. The number of amides is 2. The summed E-state index contributed by atoms with van der Waals surface area (Å²) in [5.41, 5.74) is 1.93. The van der Waals surface area contributed by atoms with Gasteiger partial charge in [0.2, 0.25) is 5.91 Å². The number of hydrogen-bond acceptors (Lipinski definition) is 20. The van der Waals surface area contributed by atoms with Crippen LogP contribution in [0.2, 0.25) is 0 Å². The molecule has 0 unspecified atom stereocenters. The largest absolute Gasteiger partial charge is 0.507 e. The van der Waals surface area contributed by atoms with Crippen LogP contribution in [0.1, 0.15) is 104 Å². The number of aryl methyl sites for hydroxylation is 1. The van der Waals surface area contributed by atoms with Gasteiger partial charge in [0.25, 0.3) is 5.91 Å². The number of aliphatic carboxylic acids is 1. The molecule has 23 nitrogen and oxygen atoms in total. The van der Waals surface area contributed by atoms with Gasteiger partial charge in [0.05, 0.1) is 42.6 Å². The summed E-state index contributed by atoms with van der Waals surface area (Å²) in [5.74, 6) is -7.57. The van der Waals surface area contributed by atoms with Gasteiger partial charge in [0, 0.05) is 28.3 Å². The Hall–Kier alpha value is -5.83. The minimum absolute atomic E-state index is 0.000214. The fourth-order valence-electron chi connectivity index (χ4n) is 9.35. The zero-order valence-corrected chi connectivity index (χ0v) is 38.0. The zero-order valence-electron chi connectivity index (χ0n) is 38.0. The number of ketones is 2. The summed E-state index contributed by atoms with van der Waals surface area (Å²) < 4.78 is 29.1. The molecule has 0 saturated carbocycles. The molecule has 0 aromatic heterocycles. The van der Waals surface area contributed by atoms with Crippen molar-refractivity contribution in [1.82, 2.24) is 16.0 Å². The lowest BCUT2D eigenvalue weighted by Gasteiger charge is -2.47. The van der Waals surface area contributed by atoms with E-state index in [-0.39, 0.29) is 34.4 Å². The lowest BCUT2D eigenvalue weighted by molar-refractivity contribution is -0.339. The third kappa shape index (κ3) is 9.23. The Kier molecular flexibility index (Phi) is 15.0. The maximum absolute atomic E-state index is 14.3. The summed E-state index contributed by atoms with van der Waals surface area (Å²) in [6, 6.07) is 1.12. The predicted molar refractivity (Wildman–Crippen MR) is 235 cm³/mol. The number of carboxylic acid groups (broad SMARTS) is 1. The Bertz CT molecular complexity index is 2540. The number of carbonyl (C=O) groups excluding carboxylic acids is 4. The topological polar surface area (TPSA) is 376 Å². The normalized spacial score (nSPS) is 28.1. The van der Waals surface area contributed by atoms with E-state index in [0.29, 0.717) is 19.4 Å². The second kappa shape index (κ2) is 20.3. The van der Waals surface area contributed by atoms with E-state index in [4.69, 9.17) is 29.4 Å². The number of nitrogens with two attached hydrogens (primary N) is 1. The first-order valence-corrected chi connectivity index (χ1v) is 22.1. The first-order chi connectivity index (χ1) is 32.7. The van der Waals surface area contributed by atoms with Crippen molar-refractivity contribution in [2.75, 3.05) is 27.3 Å². The fraction of sp³-hybridized carbons (Fsp3) is 0.500. The van der Waals surface area contributed by atoms with E-state index in [1.54, 1.807) is 6.92 Å². The number of benzene rings is 3. The Morgan fingerprint density at radius 3 is 2.16 bits per heavy atom. The van der Waals surface area contributed by atoms with Gasteiger partial charge in [-0.2, -0.15) is 0 Å². The van der Waals surface area contributed by atoms with Gasteiger partial charge in [-0.05, 0) is 82.4 Å². The van der Waals surface area contributed by atoms with Gasteiger partial charge < -0.3 is 91.3 Å². The van der Waals surface area contributed by atoms with E-state index < -0.39 is 166 Å². The summed E-state index contributed by atoms with van der Waals surface area (Å²) >= 11 is 0. The van der Waals surface area contributed by atoms with Gasteiger partial charge in [0.1, 0.15) is 77.8 Å². The third-order valence-electron chi connectivity index (χ3n) is 13.0. The van der Waals surface area contributed by atoms with Gasteiger partial charge in [-0.1, -0.05) is 6.07 Å². The van der Waals surface area contributed by atoms with Crippen LogP contribution < -0.4 is 26.4 Å². The summed E-state index contributed by atoms with van der Waals surface area (Å²) in [4.78, 5) is 67.7. The van der Waals surface area contributed by atoms with Gasteiger partial charge in [-0.3, -0.25) is 19.2 Å². The van der Waals surface area contributed by atoms with Crippen LogP contribution in [-0.2, 0) is 28.5 Å². The van der Waals surface area contributed by atoms with Gasteiger partial charge in [0.15, 0.2) is 24.1 Å². The smallest absolute Gasteiger partial charge is 0.326 e. The second-order valence-electron chi connectivity index (χ2n) is 17.5. The first kappa shape index (κ1) is 51.0. The molecule has 0 radical (unpaired) electrons. The van der Waals surface area contributed by atoms with E-state index in [9.17, 15) is 69.9 Å². The summed E-state index contributed by atoms with van der Waals surface area (Å²) in [6.45, 7) is 4.12. The quantitative estimate of drug-likeness (QED) is 0.0636. The lowest BCUT2D eigenvalue weighted by Crippen LogP contribution is -2.65. The van der Waals surface area contributed by atoms with Gasteiger partial charge in [-0.25, -0.2) is 4.79 Å². The highest BCUT2D eigenvalue weighted by atomic mass is 16.7. The van der Waals surface area contributed by atoms with Crippen LogP contribution in [0.4, 0.5) is 0 Å². The Morgan fingerprint density at radius 2 is 1.51 bits per heavy atom. The molecule has 2 aliphatic heterocycles. The van der Waals surface area contributed by atoms with Crippen molar-refractivity contribution in [3.8, 4) is 34.1 Å². The molecule has 0 spiro atoms. The van der Waals surface area contributed by atoms with Crippen LogP contribution in [0.25, 0.3) is 11.1 Å². The van der Waals surface area contributed by atoms with Gasteiger partial charge >= 0.3 is 5.97 Å². The number of nitrogens with one attached hydrogen (secondary N) is 3. The van der Waals surface area contributed by atoms with Crippen molar-refractivity contribution < 1.29 is 93.6 Å². The maximum atomic E-state index is 14.3. The van der Waals surface area contributed by atoms with Crippen molar-refractivity contribution in [3.05, 3.63) is 68.8 Å². The molecule has 23 heteroatoms. The Balaban J connectivity index is 1.32. The molecule has 2 aliphatic carbocycles. The number of phenols is 3. The van der Waals surface area contributed by atoms with E-state index in [1.807, 2.05) is 0 Å². The summed E-state index contributed by atoms with van der Waals surface area (Å²) in [5, 5.41) is 108. The minimum Gasteiger partial charge on any atom is -0.507 e. The maximum Gasteiger partial charge on any atom is 0.326 e. The van der Waals surface area contributed by atoms with Crippen LogP contribution in [0, 0.1) is 6.92 Å². The van der Waals surface area contributed by atoms with Crippen LogP contribution in [0.15, 0.2) is 24.3 Å². The number of ether oxygens (including phenoxy) is 5. The second-order valence-corrected chi connectivity index (χ2v) is 17.5. The number of phenolic OH excluding ortho intramolecular Hbond substituents is 3. The van der Waals surface area contributed by atoms with E-state index in [1.165, 1.54) is 40.1 Å². The minimum atomic E-state index is -1.93. The monoisotopic (exact) mass is 968 g/mol. The number of fused-ring (bicyclic) bond motifs is 5. The van der Waals surface area contributed by atoms with Crippen LogP contribution >= 0.6 is 0 Å². The van der Waals surface area contributed by atoms with Crippen molar-refractivity contribution in [2.24, 2.45) is 5.73 Å². The van der Waals surface area contributed by atoms with E-state index in [2.05, 4.69) is 16.0 Å². The molecule has 2 amide bonds. The fourth-order valence-corrected chi connectivity index (χ4v) is 9.35. The van der Waals surface area contributed by atoms with Crippen LogP contribution in [-0.4, -0.2) is 170 Å². The molecule has 2 fully saturated rings. The van der Waals surface area contributed by atoms with Crippen LogP contribution in [0.3, 0.4) is 0 Å². The average molecular weight is 969 g/mol. The highest BCUT2D eigenvalue weighted by Gasteiger charge is 2.51. The van der Waals surface area contributed by atoms with Crippen molar-refractivity contribution in [2.45, 2.75) is 120 Å². The standard InChI is InChI=1S/C46H56N4O19/c1-15-10-22-29(36(57)26(15)43(62)49-16(2)42(61)50-23(44(63)64)8-6-7-9-47)28-20(13-21-30(37(28)58)33(54)19-11-18(65-5)12-24(51)27(19)32(21)53)34(55)40(22)68-46-39(60)41(31(48-4)17(3)67-46)69-45-38(59)35(56)25(52)14-66-45/h10-13,16-17,23,25,31,34-35,38-41,45-46,48,51-52,55-60H,6-9,14,47H2,1-5H3,(H,49,62)(H,50,61)(H,63,64)/t16-,17-,23+,25-,31+,34+,35+,38-,39-,40+,41+,45+,46+/m1/s1. The number of aliphatic hydroxyl groups excluding tert-OH is 5.